The number of alkyl halides is 3. The van der Waals surface area contributed by atoms with E-state index in [1.54, 1.807) is 20.9 Å². The second kappa shape index (κ2) is 7.25. The van der Waals surface area contributed by atoms with Crippen LogP contribution in [0.2, 0.25) is 10.0 Å². The number of hydrogen-bond acceptors (Lipinski definition) is 4. The second-order valence-corrected chi connectivity index (χ2v) is 7.35. The van der Waals surface area contributed by atoms with Gasteiger partial charge in [-0.1, -0.05) is 41.4 Å². The maximum absolute atomic E-state index is 13.4. The molecule has 0 fully saturated rings. The van der Waals surface area contributed by atoms with E-state index in [-0.39, 0.29) is 22.3 Å². The average molecular weight is 431 g/mol. The zero-order chi connectivity index (χ0) is 20.7. The van der Waals surface area contributed by atoms with Crippen molar-refractivity contribution in [2.75, 3.05) is 0 Å². The minimum atomic E-state index is -4.52. The third-order valence-corrected chi connectivity index (χ3v) is 4.49. The van der Waals surface area contributed by atoms with E-state index in [1.807, 2.05) is 0 Å². The Morgan fingerprint density at radius 3 is 2.39 bits per heavy atom. The number of benzene rings is 1. The van der Waals surface area contributed by atoms with Gasteiger partial charge in [0.25, 0.3) is 0 Å². The van der Waals surface area contributed by atoms with Crippen molar-refractivity contribution < 1.29 is 17.9 Å². The van der Waals surface area contributed by atoms with Crippen LogP contribution in [0, 0.1) is 0 Å². The van der Waals surface area contributed by atoms with Gasteiger partial charge in [-0.2, -0.15) is 13.2 Å². The van der Waals surface area contributed by atoms with E-state index in [1.165, 1.54) is 35.0 Å². The predicted molar refractivity (Wildman–Crippen MR) is 99.4 cm³/mol. The van der Waals surface area contributed by atoms with E-state index in [2.05, 4.69) is 15.2 Å². The van der Waals surface area contributed by atoms with Crippen LogP contribution in [0.1, 0.15) is 25.2 Å². The molecule has 0 aliphatic carbocycles. The highest BCUT2D eigenvalue weighted by molar-refractivity contribution is 6.35. The van der Waals surface area contributed by atoms with Crippen LogP contribution >= 0.6 is 23.2 Å². The maximum atomic E-state index is 13.4. The molecule has 0 unspecified atom stereocenters. The van der Waals surface area contributed by atoms with E-state index < -0.39 is 17.3 Å². The molecular formula is C18H15Cl2F3N4O. The van der Waals surface area contributed by atoms with Crippen LogP contribution in [0.5, 0.6) is 5.88 Å². The average Bonchev–Trinajstić information content (AvgIpc) is 2.99. The molecule has 2 heterocycles. The van der Waals surface area contributed by atoms with E-state index in [4.69, 9.17) is 27.9 Å². The van der Waals surface area contributed by atoms with E-state index in [9.17, 15) is 13.2 Å². The highest BCUT2D eigenvalue weighted by Gasteiger charge is 2.36. The van der Waals surface area contributed by atoms with Crippen molar-refractivity contribution in [2.45, 2.75) is 25.6 Å². The molecule has 0 saturated carbocycles. The standard InChI is InChI=1S/C18H15Cl2F3N4O/c1-17(2,28-15-13(20)8-10(19)9-24-15)16-26-25-14(27(16)3)11-6-4-5-7-12(11)18(21,22)23/h4-9H,1-3H3. The number of pyridine rings is 1. The molecule has 5 nitrogen and oxygen atoms in total. The van der Waals surface area contributed by atoms with E-state index >= 15 is 0 Å². The number of aromatic nitrogens is 4. The molecule has 28 heavy (non-hydrogen) atoms. The van der Waals surface area contributed by atoms with Crippen LogP contribution in [0.25, 0.3) is 11.4 Å². The molecular weight excluding hydrogens is 416 g/mol. The Morgan fingerprint density at radius 2 is 1.75 bits per heavy atom. The van der Waals surface area contributed by atoms with Gasteiger partial charge in [0.05, 0.1) is 10.6 Å². The molecule has 0 amide bonds. The summed E-state index contributed by atoms with van der Waals surface area (Å²) in [5, 5.41) is 8.56. The number of ether oxygens (including phenoxy) is 1. The smallest absolute Gasteiger partial charge is 0.417 e. The molecule has 0 atom stereocenters. The summed E-state index contributed by atoms with van der Waals surface area (Å²) < 4.78 is 47.4. The van der Waals surface area contributed by atoms with Gasteiger partial charge >= 0.3 is 6.18 Å². The summed E-state index contributed by atoms with van der Waals surface area (Å²) in [5.74, 6) is 0.485. The van der Waals surface area contributed by atoms with Crippen molar-refractivity contribution in [3.05, 3.63) is 58.0 Å². The highest BCUT2D eigenvalue weighted by Crippen LogP contribution is 2.37. The Balaban J connectivity index is 2.01. The summed E-state index contributed by atoms with van der Waals surface area (Å²) in [6.07, 6.45) is -3.14. The van der Waals surface area contributed by atoms with Crippen molar-refractivity contribution in [1.82, 2.24) is 19.7 Å². The number of halogens is 5. The van der Waals surface area contributed by atoms with Gasteiger partial charge in [-0.05, 0) is 26.0 Å². The minimum absolute atomic E-state index is 0.0646. The van der Waals surface area contributed by atoms with Gasteiger partial charge in [0, 0.05) is 18.8 Å². The number of nitrogens with zero attached hydrogens (tertiary/aromatic N) is 4. The van der Waals surface area contributed by atoms with Crippen molar-refractivity contribution in [3.63, 3.8) is 0 Å². The molecule has 2 aromatic heterocycles. The first-order chi connectivity index (χ1) is 13.0. The Hall–Kier alpha value is -2.32. The lowest BCUT2D eigenvalue weighted by Crippen LogP contribution is -2.29. The van der Waals surface area contributed by atoms with Gasteiger partial charge in [0.15, 0.2) is 17.2 Å². The predicted octanol–water partition coefficient (Wildman–Crippen LogP) is 5.52. The van der Waals surface area contributed by atoms with Gasteiger partial charge in [0.1, 0.15) is 5.02 Å². The minimum Gasteiger partial charge on any atom is -0.462 e. The van der Waals surface area contributed by atoms with Gasteiger partial charge in [-0.15, -0.1) is 10.2 Å². The fraction of sp³-hybridized carbons (Fsp3) is 0.278. The molecule has 0 radical (unpaired) electrons. The summed E-state index contributed by atoms with van der Waals surface area (Å²) in [4.78, 5) is 4.04. The topological polar surface area (TPSA) is 52.8 Å². The molecule has 0 saturated heterocycles. The zero-order valence-corrected chi connectivity index (χ0v) is 16.6. The van der Waals surface area contributed by atoms with E-state index in [0.717, 1.165) is 6.07 Å². The Bertz CT molecular complexity index is 1020. The van der Waals surface area contributed by atoms with Crippen LogP contribution in [0.15, 0.2) is 36.5 Å². The molecule has 0 aliphatic rings. The summed E-state index contributed by atoms with van der Waals surface area (Å²) >= 11 is 11.9. The van der Waals surface area contributed by atoms with Gasteiger partial charge in [-0.25, -0.2) is 4.98 Å². The lowest BCUT2D eigenvalue weighted by atomic mass is 10.1. The summed E-state index contributed by atoms with van der Waals surface area (Å²) in [5.41, 5.74) is -1.95. The third-order valence-electron chi connectivity index (χ3n) is 4.01. The zero-order valence-electron chi connectivity index (χ0n) is 15.1. The highest BCUT2D eigenvalue weighted by atomic mass is 35.5. The first-order valence-corrected chi connectivity index (χ1v) is 8.83. The molecule has 0 spiro atoms. The molecule has 0 bridgehead atoms. The summed E-state index contributed by atoms with van der Waals surface area (Å²) in [6.45, 7) is 3.37. The molecule has 0 aliphatic heterocycles. The summed E-state index contributed by atoms with van der Waals surface area (Å²) in [6, 6.07) is 6.66. The maximum Gasteiger partial charge on any atom is 0.417 e. The monoisotopic (exact) mass is 430 g/mol. The van der Waals surface area contributed by atoms with Gasteiger partial charge in [-0.3, -0.25) is 0 Å². The van der Waals surface area contributed by atoms with E-state index in [0.29, 0.717) is 10.8 Å². The third kappa shape index (κ3) is 3.93. The first-order valence-electron chi connectivity index (χ1n) is 8.07. The Kier molecular flexibility index (Phi) is 5.29. The lowest BCUT2D eigenvalue weighted by Gasteiger charge is -2.25. The van der Waals surface area contributed by atoms with Crippen molar-refractivity contribution >= 4 is 23.2 Å². The van der Waals surface area contributed by atoms with Crippen molar-refractivity contribution in [3.8, 4) is 17.3 Å². The largest absolute Gasteiger partial charge is 0.462 e. The molecule has 3 rings (SSSR count). The molecule has 10 heteroatoms. The molecule has 0 N–H and O–H groups in total. The summed E-state index contributed by atoms with van der Waals surface area (Å²) in [7, 11) is 1.57. The van der Waals surface area contributed by atoms with Gasteiger partial charge < -0.3 is 9.30 Å². The number of rotatable bonds is 4. The Morgan fingerprint density at radius 1 is 1.07 bits per heavy atom. The fourth-order valence-corrected chi connectivity index (χ4v) is 3.20. The van der Waals surface area contributed by atoms with Crippen LogP contribution < -0.4 is 4.74 Å². The molecule has 3 aromatic rings. The van der Waals surface area contributed by atoms with Crippen LogP contribution in [-0.4, -0.2) is 19.7 Å². The van der Waals surface area contributed by atoms with Crippen molar-refractivity contribution in [2.24, 2.45) is 7.05 Å². The second-order valence-electron chi connectivity index (χ2n) is 6.50. The van der Waals surface area contributed by atoms with Crippen LogP contribution in [0.3, 0.4) is 0 Å². The van der Waals surface area contributed by atoms with Gasteiger partial charge in [0.2, 0.25) is 5.88 Å². The Labute approximate surface area is 169 Å². The van der Waals surface area contributed by atoms with Crippen LogP contribution in [-0.2, 0) is 18.8 Å². The molecule has 148 valence electrons. The number of hydrogen-bond donors (Lipinski definition) is 0. The van der Waals surface area contributed by atoms with Crippen LogP contribution in [0.4, 0.5) is 13.2 Å². The normalized spacial score (nSPS) is 12.3. The first kappa shape index (κ1) is 20.4. The quantitative estimate of drug-likeness (QED) is 0.546. The fourth-order valence-electron chi connectivity index (χ4n) is 2.78. The SMILES string of the molecule is Cn1c(-c2ccccc2C(F)(F)F)nnc1C(C)(C)Oc1ncc(Cl)cc1Cl. The van der Waals surface area contributed by atoms with Crippen molar-refractivity contribution in [1.29, 1.82) is 0 Å². The lowest BCUT2D eigenvalue weighted by molar-refractivity contribution is -0.137. The molecule has 1 aromatic carbocycles.